The fourth-order valence-corrected chi connectivity index (χ4v) is 2.44. The zero-order valence-corrected chi connectivity index (χ0v) is 10.8. The molecule has 2 unspecified atom stereocenters. The number of carbonyl (C=O) groups excluding carboxylic acids is 1. The maximum atomic E-state index is 11.8. The number of hydrogen-bond donors (Lipinski definition) is 2. The second-order valence-corrected chi connectivity index (χ2v) is 4.40. The Morgan fingerprint density at radius 3 is 2.81 bits per heavy atom. The molecule has 4 nitrogen and oxygen atoms in total. The molecule has 0 aliphatic carbocycles. The summed E-state index contributed by atoms with van der Waals surface area (Å²) in [7, 11) is 0. The van der Waals surface area contributed by atoms with E-state index in [0.717, 1.165) is 19.6 Å². The molecule has 1 rings (SSSR count). The zero-order valence-electron chi connectivity index (χ0n) is 10.8. The van der Waals surface area contributed by atoms with Gasteiger partial charge in [-0.2, -0.15) is 0 Å². The zero-order chi connectivity index (χ0) is 12.0. The van der Waals surface area contributed by atoms with Gasteiger partial charge in [0.25, 0.3) is 0 Å². The summed E-state index contributed by atoms with van der Waals surface area (Å²) < 4.78 is 0. The molecular weight excluding hydrogens is 202 g/mol. The van der Waals surface area contributed by atoms with Gasteiger partial charge in [-0.25, -0.2) is 0 Å². The van der Waals surface area contributed by atoms with E-state index >= 15 is 0 Å². The Kier molecular flexibility index (Phi) is 5.77. The molecule has 1 heterocycles. The van der Waals surface area contributed by atoms with Crippen LogP contribution in [0.4, 0.5) is 0 Å². The van der Waals surface area contributed by atoms with Gasteiger partial charge in [-0.05, 0) is 39.8 Å². The summed E-state index contributed by atoms with van der Waals surface area (Å²) in [5.41, 5.74) is 0. The van der Waals surface area contributed by atoms with Crippen LogP contribution in [0.3, 0.4) is 0 Å². The SMILES string of the molecule is CCNC(=O)C(C)N(CC)C1CCCNC1. The Morgan fingerprint density at radius 1 is 1.56 bits per heavy atom. The van der Waals surface area contributed by atoms with Gasteiger partial charge in [0.1, 0.15) is 0 Å². The van der Waals surface area contributed by atoms with E-state index in [1.54, 1.807) is 0 Å². The van der Waals surface area contributed by atoms with E-state index in [0.29, 0.717) is 12.6 Å². The summed E-state index contributed by atoms with van der Waals surface area (Å²) in [6.07, 6.45) is 2.41. The van der Waals surface area contributed by atoms with Gasteiger partial charge >= 0.3 is 0 Å². The van der Waals surface area contributed by atoms with Gasteiger partial charge in [0.15, 0.2) is 0 Å². The molecule has 0 bridgehead atoms. The third kappa shape index (κ3) is 3.46. The van der Waals surface area contributed by atoms with Crippen LogP contribution in [0.2, 0.25) is 0 Å². The van der Waals surface area contributed by atoms with Gasteiger partial charge in [-0.15, -0.1) is 0 Å². The Morgan fingerprint density at radius 2 is 2.31 bits per heavy atom. The average Bonchev–Trinajstić information content (AvgIpc) is 2.31. The van der Waals surface area contributed by atoms with E-state index < -0.39 is 0 Å². The van der Waals surface area contributed by atoms with Crippen LogP contribution in [-0.4, -0.2) is 49.1 Å². The third-order valence-corrected chi connectivity index (χ3v) is 3.33. The van der Waals surface area contributed by atoms with Gasteiger partial charge in [-0.1, -0.05) is 6.92 Å². The van der Waals surface area contributed by atoms with Gasteiger partial charge in [0.05, 0.1) is 6.04 Å². The van der Waals surface area contributed by atoms with Crippen molar-refractivity contribution in [3.8, 4) is 0 Å². The predicted molar refractivity (Wildman–Crippen MR) is 66.4 cm³/mol. The summed E-state index contributed by atoms with van der Waals surface area (Å²) >= 11 is 0. The summed E-state index contributed by atoms with van der Waals surface area (Å²) in [4.78, 5) is 14.1. The van der Waals surface area contributed by atoms with Crippen LogP contribution >= 0.6 is 0 Å². The van der Waals surface area contributed by atoms with Crippen molar-refractivity contribution in [2.24, 2.45) is 0 Å². The molecule has 0 aromatic carbocycles. The van der Waals surface area contributed by atoms with E-state index in [2.05, 4.69) is 22.5 Å². The number of likely N-dealkylation sites (N-methyl/N-ethyl adjacent to an activating group) is 2. The van der Waals surface area contributed by atoms with E-state index in [9.17, 15) is 4.79 Å². The molecule has 0 radical (unpaired) electrons. The highest BCUT2D eigenvalue weighted by molar-refractivity contribution is 5.81. The van der Waals surface area contributed by atoms with E-state index in [-0.39, 0.29) is 11.9 Å². The number of piperidine rings is 1. The topological polar surface area (TPSA) is 44.4 Å². The fraction of sp³-hybridized carbons (Fsp3) is 0.917. The average molecular weight is 227 g/mol. The van der Waals surface area contributed by atoms with Gasteiger partial charge in [0.2, 0.25) is 5.91 Å². The first-order valence-corrected chi connectivity index (χ1v) is 6.44. The number of nitrogens with one attached hydrogen (secondary N) is 2. The summed E-state index contributed by atoms with van der Waals surface area (Å²) in [5.74, 6) is 0.148. The maximum absolute atomic E-state index is 11.8. The quantitative estimate of drug-likeness (QED) is 0.722. The smallest absolute Gasteiger partial charge is 0.237 e. The highest BCUT2D eigenvalue weighted by Crippen LogP contribution is 2.13. The minimum Gasteiger partial charge on any atom is -0.355 e. The molecule has 1 amide bonds. The first-order valence-electron chi connectivity index (χ1n) is 6.44. The summed E-state index contributed by atoms with van der Waals surface area (Å²) in [6, 6.07) is 0.492. The Hall–Kier alpha value is -0.610. The molecule has 0 saturated carbocycles. The van der Waals surface area contributed by atoms with Crippen molar-refractivity contribution in [2.45, 2.75) is 45.7 Å². The second kappa shape index (κ2) is 6.86. The van der Waals surface area contributed by atoms with Crippen molar-refractivity contribution in [1.82, 2.24) is 15.5 Å². The first-order chi connectivity index (χ1) is 7.70. The van der Waals surface area contributed by atoms with Crippen LogP contribution in [-0.2, 0) is 4.79 Å². The minimum atomic E-state index is -0.0187. The van der Waals surface area contributed by atoms with Crippen molar-refractivity contribution < 1.29 is 4.79 Å². The van der Waals surface area contributed by atoms with E-state index in [1.165, 1.54) is 12.8 Å². The summed E-state index contributed by atoms with van der Waals surface area (Å²) in [6.45, 7) is 9.87. The van der Waals surface area contributed by atoms with Crippen molar-refractivity contribution in [1.29, 1.82) is 0 Å². The molecule has 16 heavy (non-hydrogen) atoms. The highest BCUT2D eigenvalue weighted by atomic mass is 16.2. The van der Waals surface area contributed by atoms with Crippen LogP contribution in [0.5, 0.6) is 0 Å². The van der Waals surface area contributed by atoms with Crippen molar-refractivity contribution in [3.05, 3.63) is 0 Å². The lowest BCUT2D eigenvalue weighted by Gasteiger charge is -2.37. The molecule has 1 saturated heterocycles. The minimum absolute atomic E-state index is 0.0187. The normalized spacial score (nSPS) is 23.1. The largest absolute Gasteiger partial charge is 0.355 e. The fourth-order valence-electron chi connectivity index (χ4n) is 2.44. The van der Waals surface area contributed by atoms with Crippen molar-refractivity contribution >= 4 is 5.91 Å². The molecule has 0 spiro atoms. The highest BCUT2D eigenvalue weighted by Gasteiger charge is 2.27. The predicted octanol–water partition coefficient (Wildman–Crippen LogP) is 0.585. The first kappa shape index (κ1) is 13.5. The van der Waals surface area contributed by atoms with Crippen LogP contribution < -0.4 is 10.6 Å². The van der Waals surface area contributed by atoms with Crippen molar-refractivity contribution in [2.75, 3.05) is 26.2 Å². The molecule has 1 aliphatic rings. The van der Waals surface area contributed by atoms with E-state index in [1.807, 2.05) is 13.8 Å². The van der Waals surface area contributed by atoms with Gasteiger partial charge in [0, 0.05) is 19.1 Å². The second-order valence-electron chi connectivity index (χ2n) is 4.40. The molecule has 0 aromatic heterocycles. The lowest BCUT2D eigenvalue weighted by atomic mass is 10.0. The third-order valence-electron chi connectivity index (χ3n) is 3.33. The monoisotopic (exact) mass is 227 g/mol. The lowest BCUT2D eigenvalue weighted by molar-refractivity contribution is -0.126. The van der Waals surface area contributed by atoms with Gasteiger partial charge in [-0.3, -0.25) is 9.69 Å². The summed E-state index contributed by atoms with van der Waals surface area (Å²) in [5, 5.41) is 6.30. The Labute approximate surface area is 98.8 Å². The van der Waals surface area contributed by atoms with Gasteiger partial charge < -0.3 is 10.6 Å². The number of carbonyl (C=O) groups is 1. The van der Waals surface area contributed by atoms with Crippen molar-refractivity contribution in [3.63, 3.8) is 0 Å². The Bertz CT molecular complexity index is 214. The lowest BCUT2D eigenvalue weighted by Crippen LogP contribution is -2.54. The molecule has 0 aromatic rings. The van der Waals surface area contributed by atoms with Crippen LogP contribution in [0.25, 0.3) is 0 Å². The number of amides is 1. The maximum Gasteiger partial charge on any atom is 0.237 e. The van der Waals surface area contributed by atoms with Crippen LogP contribution in [0.15, 0.2) is 0 Å². The molecule has 2 N–H and O–H groups in total. The Balaban J connectivity index is 2.53. The van der Waals surface area contributed by atoms with Crippen LogP contribution in [0, 0.1) is 0 Å². The molecule has 1 aliphatic heterocycles. The molecule has 4 heteroatoms. The standard InChI is InChI=1S/C12H25N3O/c1-4-14-12(16)10(3)15(5-2)11-7-6-8-13-9-11/h10-11,13H,4-9H2,1-3H3,(H,14,16). The van der Waals surface area contributed by atoms with Crippen LogP contribution in [0.1, 0.15) is 33.6 Å². The molecule has 1 fully saturated rings. The molecule has 94 valence electrons. The molecular formula is C12H25N3O. The van der Waals surface area contributed by atoms with E-state index in [4.69, 9.17) is 0 Å². The number of nitrogens with zero attached hydrogens (tertiary/aromatic N) is 1. The molecule has 2 atom stereocenters. The number of hydrogen-bond acceptors (Lipinski definition) is 3. The number of rotatable bonds is 5.